The van der Waals surface area contributed by atoms with E-state index in [0.717, 1.165) is 36.4 Å². The molecule has 8 rings (SSSR count). The smallest absolute Gasteiger partial charge is 2.00 e. The van der Waals surface area contributed by atoms with Gasteiger partial charge in [0.1, 0.15) is 23.3 Å². The number of hydrogen-bond donors (Lipinski definition) is 0. The first-order chi connectivity index (χ1) is 37.0. The molecule has 0 saturated carbocycles. The summed E-state index contributed by atoms with van der Waals surface area (Å²) < 4.78 is 134. The van der Waals surface area contributed by atoms with Gasteiger partial charge in [-0.2, -0.15) is 5.26 Å². The van der Waals surface area contributed by atoms with Gasteiger partial charge in [-0.3, -0.25) is 41.1 Å². The summed E-state index contributed by atoms with van der Waals surface area (Å²) in [6.07, 6.45) is 0. The number of phosphoric acid groups is 1. The number of nitrogens with zero attached hydrogens (tertiary/aromatic N) is 6. The number of nitriles is 2. The van der Waals surface area contributed by atoms with Gasteiger partial charge in [0.2, 0.25) is 0 Å². The van der Waals surface area contributed by atoms with Gasteiger partial charge < -0.3 is 17.4 Å². The Morgan fingerprint density at radius 1 is 0.525 bits per heavy atom. The molecule has 0 N–H and O–H groups in total. The van der Waals surface area contributed by atoms with Gasteiger partial charge in [-0.15, -0.1) is 24.3 Å². The topological polar surface area (TPSA) is 144 Å². The number of benzene rings is 4. The Hall–Kier alpha value is -6.09. The van der Waals surface area contributed by atoms with Crippen LogP contribution in [0, 0.1) is 89.3 Å². The fourth-order valence-electron chi connectivity index (χ4n) is 6.87. The van der Waals surface area contributed by atoms with Crippen molar-refractivity contribution in [1.82, 2.24) is 19.9 Å². The molecule has 0 fully saturated rings. The van der Waals surface area contributed by atoms with E-state index in [9.17, 15) is 39.7 Å². The third kappa shape index (κ3) is 19.9. The van der Waals surface area contributed by atoms with Crippen molar-refractivity contribution in [2.45, 2.75) is 45.4 Å². The van der Waals surface area contributed by atoms with Crippen LogP contribution in [-0.4, -0.2) is 41.3 Å². The van der Waals surface area contributed by atoms with Gasteiger partial charge in [0.25, 0.3) is 0 Å². The van der Waals surface area contributed by atoms with Crippen molar-refractivity contribution in [3.05, 3.63) is 222 Å². The minimum Gasteiger partial charge on any atom is 2.00 e. The van der Waals surface area contributed by atoms with Gasteiger partial charge in [0, 0.05) is 104 Å². The van der Waals surface area contributed by atoms with Gasteiger partial charge >= 0.3 is 63.2 Å². The third-order valence-corrected chi connectivity index (χ3v) is 12.2. The minimum atomic E-state index is -3.16. The minimum absolute atomic E-state index is 0. The first-order valence-electron chi connectivity index (χ1n) is 22.2. The van der Waals surface area contributed by atoms with Crippen molar-refractivity contribution in [2.24, 2.45) is 0 Å². The average Bonchev–Trinajstić information content (AvgIpc) is 3.44. The maximum absolute atomic E-state index is 14.2. The van der Waals surface area contributed by atoms with Crippen molar-refractivity contribution in [3.8, 4) is 57.7 Å². The van der Waals surface area contributed by atoms with Crippen LogP contribution in [0.1, 0.15) is 57.4 Å². The molecule has 0 atom stereocenters. The van der Waals surface area contributed by atoms with Crippen molar-refractivity contribution >= 4 is 26.9 Å². The van der Waals surface area contributed by atoms with Crippen molar-refractivity contribution in [3.63, 3.8) is 0 Å². The number of hydrogen-bond acceptors (Lipinski definition) is 10. The zero-order valence-corrected chi connectivity index (χ0v) is 49.5. The molecule has 0 radical (unpaired) electrons. The zero-order chi connectivity index (χ0) is 58.4. The van der Waals surface area contributed by atoms with Crippen LogP contribution in [0.3, 0.4) is 0 Å². The van der Waals surface area contributed by atoms with E-state index < -0.39 is 65.2 Å². The average molecular weight is 1350 g/mol. The molecule has 0 saturated heterocycles. The van der Waals surface area contributed by atoms with E-state index in [2.05, 4.69) is 52.2 Å². The molecule has 0 aliphatic rings. The largest absolute Gasteiger partial charge is 2.00 e. The fourth-order valence-corrected chi connectivity index (χ4v) is 7.32. The van der Waals surface area contributed by atoms with Crippen LogP contribution < -0.4 is 0 Å². The van der Waals surface area contributed by atoms with E-state index in [0.29, 0.717) is 45.6 Å². The second-order valence-electron chi connectivity index (χ2n) is 16.5. The molecule has 8 aromatic rings. The van der Waals surface area contributed by atoms with Gasteiger partial charge in [-0.1, -0.05) is 59.7 Å². The van der Waals surface area contributed by atoms with E-state index in [1.807, 2.05) is 27.7 Å². The van der Waals surface area contributed by atoms with Gasteiger partial charge in [0.15, 0.2) is 0 Å². The van der Waals surface area contributed by atoms with E-state index in [-0.39, 0.29) is 66.0 Å². The van der Waals surface area contributed by atoms with Gasteiger partial charge in [-0.25, -0.2) is 27.4 Å². The molecule has 4 aromatic carbocycles. The first kappa shape index (κ1) is 71.9. The zero-order valence-electron chi connectivity index (χ0n) is 44.0. The Kier molecular flexibility index (Phi) is 30.8. The first-order valence-corrected chi connectivity index (χ1v) is 27.7. The molecular weight excluding hydrogens is 1300 g/mol. The van der Waals surface area contributed by atoms with Gasteiger partial charge in [-0.05, 0) is 99.7 Å². The summed E-state index contributed by atoms with van der Waals surface area (Å²) in [5.41, 5.74) is 2.76. The van der Waals surface area contributed by atoms with Crippen LogP contribution in [0.5, 0.6) is 0 Å². The SMILES string of the molecule is C#N.CC#N.CC(C)(c1cccc(-c2[c-]cc(F)cc2F)n1)c1cccc(-c2[c-]cc(F)cc2F)n1.CC(C)(c1cccc(-c2ccc(F)cc2F)n1)c1cccc(-c2ccc(F)cc2F)n1.COP(=O)(OC)OC.[CH3-].[Cl][Pd][Cl].[Pd+2]. The van der Waals surface area contributed by atoms with Gasteiger partial charge in [0.05, 0.1) is 28.8 Å². The van der Waals surface area contributed by atoms with Crippen LogP contribution in [-0.2, 0) is 65.3 Å². The summed E-state index contributed by atoms with van der Waals surface area (Å²) >= 11 is -0.106. The number of rotatable bonds is 11. The molecule has 4 aromatic heterocycles. The summed E-state index contributed by atoms with van der Waals surface area (Å²) in [4.78, 5) is 18.3. The second-order valence-corrected chi connectivity index (χ2v) is 20.8. The second kappa shape index (κ2) is 34.3. The normalized spacial score (nSPS) is 10.5. The maximum Gasteiger partial charge on any atom is 2.00 e. The summed E-state index contributed by atoms with van der Waals surface area (Å²) in [7, 11) is 10.2. The van der Waals surface area contributed by atoms with Crippen molar-refractivity contribution < 1.29 is 89.6 Å². The molecule has 0 aliphatic carbocycles. The molecule has 0 aliphatic heterocycles. The molecule has 0 bridgehead atoms. The predicted molar refractivity (Wildman–Crippen MR) is 285 cm³/mol. The number of halogens is 10. The fraction of sp³-hybridized carbons (Fsp3) is 0.175. The standard InChI is InChI=1S/C25H18F4N2.C25H16F4N2.C3H9O4P.C2H3N.CHN.CH3.2ClH.2Pd/c2*1-25(2,23-7-3-5-21(30-23)17-11-9-15(26)13-19(17)28)24-8-4-6-22(31-24)18-12-10-16(27)14-20(18)29;1-5-8(4,6-2)7-3;1-2-3;1-2;;;;;/h3-14H,1-2H3;3-10,13-14H,1-2H3;1-3H3;1H3;1H;1H3;2*1H;;/q;-2;;;;-1;;;2*+2/p-2. The third-order valence-electron chi connectivity index (χ3n) is 10.9. The van der Waals surface area contributed by atoms with E-state index in [1.165, 1.54) is 52.5 Å². The Labute approximate surface area is 490 Å². The Morgan fingerprint density at radius 2 is 0.787 bits per heavy atom. The van der Waals surface area contributed by atoms with Crippen LogP contribution in [0.4, 0.5) is 35.1 Å². The Morgan fingerprint density at radius 3 is 1.04 bits per heavy atom. The number of phosphoric ester groups is 1. The summed E-state index contributed by atoms with van der Waals surface area (Å²) in [5.74, 6) is -5.68. The monoisotopic (exact) mass is 1350 g/mol. The van der Waals surface area contributed by atoms with Crippen LogP contribution in [0.25, 0.3) is 45.0 Å². The molecule has 10 nitrogen and oxygen atoms in total. The molecule has 428 valence electrons. The molecule has 0 spiro atoms. The number of aromatic nitrogens is 4. The van der Waals surface area contributed by atoms with Crippen LogP contribution >= 0.6 is 26.9 Å². The summed E-state index contributed by atoms with van der Waals surface area (Å²) in [5, 5.41) is 13.8. The summed E-state index contributed by atoms with van der Waals surface area (Å²) in [6, 6.07) is 37.8. The molecule has 4 heterocycles. The van der Waals surface area contributed by atoms with Crippen molar-refractivity contribution in [2.75, 3.05) is 21.3 Å². The van der Waals surface area contributed by atoms with Crippen LogP contribution in [0.2, 0.25) is 0 Å². The van der Waals surface area contributed by atoms with Crippen molar-refractivity contribution in [1.29, 1.82) is 10.5 Å². The maximum atomic E-state index is 14.2. The molecule has 80 heavy (non-hydrogen) atoms. The predicted octanol–water partition coefficient (Wildman–Crippen LogP) is 16.5. The molecule has 23 heteroatoms. The molecule has 0 unspecified atom stereocenters. The van der Waals surface area contributed by atoms with E-state index in [4.69, 9.17) is 29.6 Å². The summed E-state index contributed by atoms with van der Waals surface area (Å²) in [6.45, 7) is 12.5. The Balaban J connectivity index is 0.000000620. The molecular formula is C57H50Cl2F8N6O4PPd2-. The van der Waals surface area contributed by atoms with E-state index in [1.54, 1.807) is 78.9 Å². The molecule has 0 amide bonds. The quantitative estimate of drug-likeness (QED) is 0.0531. The van der Waals surface area contributed by atoms with Crippen LogP contribution in [0.15, 0.2) is 133 Å². The Bertz CT molecular complexity index is 2990. The number of pyridine rings is 4. The van der Waals surface area contributed by atoms with E-state index >= 15 is 0 Å².